The molecule has 4 aromatic carbocycles. The number of anilines is 2. The van der Waals surface area contributed by atoms with E-state index in [1.165, 1.54) is 155 Å². The van der Waals surface area contributed by atoms with Crippen LogP contribution < -0.4 is 11.5 Å². The number of nitrogen functional groups attached to an aromatic ring is 2. The highest BCUT2D eigenvalue weighted by molar-refractivity contribution is 5.45. The Labute approximate surface area is 324 Å². The van der Waals surface area contributed by atoms with Gasteiger partial charge in [-0.1, -0.05) is 190 Å². The van der Waals surface area contributed by atoms with Crippen molar-refractivity contribution in [2.75, 3.05) is 11.5 Å². The molecule has 2 nitrogen and oxygen atoms in total. The number of nitrogens with two attached hydrogens (primary N) is 2. The second-order valence-electron chi connectivity index (χ2n) is 16.5. The predicted octanol–water partition coefficient (Wildman–Crippen LogP) is 15.0. The van der Waals surface area contributed by atoms with E-state index in [9.17, 15) is 0 Å². The Morgan fingerprint density at radius 1 is 0.396 bits per heavy atom. The summed E-state index contributed by atoms with van der Waals surface area (Å²) in [6.07, 6.45) is 25.3. The third-order valence-corrected chi connectivity index (χ3v) is 12.7. The van der Waals surface area contributed by atoms with E-state index in [0.717, 1.165) is 23.2 Å². The smallest absolute Gasteiger partial charge is 0.0314 e. The van der Waals surface area contributed by atoms with Gasteiger partial charge in [0.2, 0.25) is 0 Å². The first-order chi connectivity index (χ1) is 26.0. The Bertz CT molecular complexity index is 1450. The minimum atomic E-state index is 0.402. The molecule has 2 heteroatoms. The van der Waals surface area contributed by atoms with Crippen molar-refractivity contribution in [3.05, 3.63) is 130 Å². The first kappa shape index (κ1) is 40.7. The summed E-state index contributed by atoms with van der Waals surface area (Å²) in [6.45, 7) is 6.93. The Morgan fingerprint density at radius 2 is 0.755 bits per heavy atom. The van der Waals surface area contributed by atoms with Crippen molar-refractivity contribution >= 4 is 11.4 Å². The molecule has 4 aromatic rings. The maximum absolute atomic E-state index is 6.09. The van der Waals surface area contributed by atoms with Crippen molar-refractivity contribution in [2.45, 2.75) is 161 Å². The number of unbranched alkanes of at least 4 members (excludes halogenated alkanes) is 6. The molecule has 1 aliphatic carbocycles. The van der Waals surface area contributed by atoms with Gasteiger partial charge >= 0.3 is 0 Å². The van der Waals surface area contributed by atoms with Gasteiger partial charge in [0.05, 0.1) is 0 Å². The van der Waals surface area contributed by atoms with Gasteiger partial charge < -0.3 is 11.5 Å². The highest BCUT2D eigenvalue weighted by atomic mass is 14.5. The summed E-state index contributed by atoms with van der Waals surface area (Å²) in [5, 5.41) is 0. The van der Waals surface area contributed by atoms with Crippen molar-refractivity contribution < 1.29 is 0 Å². The Kier molecular flexibility index (Phi) is 16.9. The molecule has 3 unspecified atom stereocenters. The van der Waals surface area contributed by atoms with Crippen LogP contribution in [0.3, 0.4) is 0 Å². The van der Waals surface area contributed by atoms with E-state index in [-0.39, 0.29) is 0 Å². The van der Waals surface area contributed by atoms with Crippen LogP contribution in [0.15, 0.2) is 97.1 Å². The van der Waals surface area contributed by atoms with Crippen LogP contribution in [-0.4, -0.2) is 0 Å². The lowest BCUT2D eigenvalue weighted by molar-refractivity contribution is 0.214. The van der Waals surface area contributed by atoms with Crippen LogP contribution in [0, 0.1) is 11.8 Å². The second-order valence-corrected chi connectivity index (χ2v) is 16.5. The number of hydrogen-bond donors (Lipinski definition) is 2. The largest absolute Gasteiger partial charge is 0.399 e. The fraction of sp³-hybridized carbons (Fsp3) is 0.529. The molecule has 0 aromatic heterocycles. The number of hydrogen-bond acceptors (Lipinski definition) is 2. The van der Waals surface area contributed by atoms with Gasteiger partial charge in [0, 0.05) is 29.1 Å². The zero-order valence-corrected chi connectivity index (χ0v) is 33.7. The Hall–Kier alpha value is -3.52. The summed E-state index contributed by atoms with van der Waals surface area (Å²) >= 11 is 0. The van der Waals surface area contributed by atoms with E-state index in [2.05, 4.69) is 118 Å². The van der Waals surface area contributed by atoms with E-state index in [0.29, 0.717) is 17.8 Å². The molecule has 4 N–H and O–H groups in total. The molecule has 5 rings (SSSR count). The average molecular weight is 713 g/mol. The quantitative estimate of drug-likeness (QED) is 0.0629. The van der Waals surface area contributed by atoms with E-state index in [1.807, 2.05) is 0 Å². The van der Waals surface area contributed by atoms with Gasteiger partial charge in [-0.3, -0.25) is 0 Å². The molecule has 1 fully saturated rings. The Morgan fingerprint density at radius 3 is 1.15 bits per heavy atom. The first-order valence-corrected chi connectivity index (χ1v) is 21.9. The van der Waals surface area contributed by atoms with Gasteiger partial charge in [0.15, 0.2) is 0 Å². The normalized spacial score (nSPS) is 15.9. The zero-order valence-electron chi connectivity index (χ0n) is 33.7. The summed E-state index contributed by atoms with van der Waals surface area (Å²) in [5.74, 6) is 2.98. The number of benzene rings is 4. The molecule has 1 aliphatic rings. The van der Waals surface area contributed by atoms with Crippen LogP contribution in [0.1, 0.15) is 194 Å². The van der Waals surface area contributed by atoms with E-state index < -0.39 is 0 Å². The molecule has 0 heterocycles. The number of rotatable bonds is 22. The van der Waals surface area contributed by atoms with Crippen molar-refractivity contribution in [1.29, 1.82) is 0 Å². The highest BCUT2D eigenvalue weighted by Gasteiger charge is 2.26. The predicted molar refractivity (Wildman–Crippen MR) is 232 cm³/mol. The van der Waals surface area contributed by atoms with Crippen LogP contribution in [0.5, 0.6) is 0 Å². The van der Waals surface area contributed by atoms with E-state index >= 15 is 0 Å². The standard InChI is InChI=1S/C51H72N2/c1-4-7-10-11-13-18-40(39-16-14-12-15-17-39)33-38-51(43-25-21-41(22-26-43)49(19-8-5-2)45-29-34-47(52)35-30-45)44-27-23-42(24-28-44)50(20-9-6-3)46-31-36-48(53)37-32-46/h21-32,34-37,39-40,49-51H,4-20,33,38,52-53H2,1-3H3. The van der Waals surface area contributed by atoms with Crippen LogP contribution in [0.4, 0.5) is 11.4 Å². The van der Waals surface area contributed by atoms with E-state index in [4.69, 9.17) is 11.5 Å². The molecule has 1 saturated carbocycles. The van der Waals surface area contributed by atoms with Crippen LogP contribution in [0.2, 0.25) is 0 Å². The van der Waals surface area contributed by atoms with Crippen molar-refractivity contribution in [2.24, 2.45) is 11.8 Å². The summed E-state index contributed by atoms with van der Waals surface area (Å²) in [7, 11) is 0. The summed E-state index contributed by atoms with van der Waals surface area (Å²) < 4.78 is 0. The summed E-state index contributed by atoms with van der Waals surface area (Å²) in [6, 6.07) is 36.9. The van der Waals surface area contributed by atoms with Gasteiger partial charge in [-0.25, -0.2) is 0 Å². The van der Waals surface area contributed by atoms with Crippen LogP contribution in [0.25, 0.3) is 0 Å². The lowest BCUT2D eigenvalue weighted by atomic mass is 9.73. The lowest BCUT2D eigenvalue weighted by Crippen LogP contribution is -2.19. The SMILES string of the molecule is CCCCCCCC(CCC(c1ccc(C(CCCC)c2ccc(N)cc2)cc1)c1ccc(C(CCCC)c2ccc(N)cc2)cc1)C1CCCCC1. The molecule has 0 amide bonds. The third kappa shape index (κ3) is 12.2. The van der Waals surface area contributed by atoms with E-state index in [1.54, 1.807) is 0 Å². The molecule has 0 aliphatic heterocycles. The first-order valence-electron chi connectivity index (χ1n) is 21.9. The minimum Gasteiger partial charge on any atom is -0.399 e. The molecular weight excluding hydrogens is 641 g/mol. The molecule has 0 spiro atoms. The second kappa shape index (κ2) is 22.0. The van der Waals surface area contributed by atoms with Gasteiger partial charge in [0.25, 0.3) is 0 Å². The zero-order chi connectivity index (χ0) is 37.3. The van der Waals surface area contributed by atoms with Crippen molar-refractivity contribution in [3.8, 4) is 0 Å². The summed E-state index contributed by atoms with van der Waals surface area (Å²) in [5.41, 5.74) is 22.4. The van der Waals surface area contributed by atoms with Crippen LogP contribution >= 0.6 is 0 Å². The molecule has 0 saturated heterocycles. The van der Waals surface area contributed by atoms with Gasteiger partial charge in [0.1, 0.15) is 0 Å². The van der Waals surface area contributed by atoms with Crippen molar-refractivity contribution in [1.82, 2.24) is 0 Å². The van der Waals surface area contributed by atoms with Crippen molar-refractivity contribution in [3.63, 3.8) is 0 Å². The van der Waals surface area contributed by atoms with Gasteiger partial charge in [-0.15, -0.1) is 0 Å². The fourth-order valence-electron chi connectivity index (χ4n) is 9.38. The van der Waals surface area contributed by atoms with Gasteiger partial charge in [-0.05, 0) is 95.2 Å². The topological polar surface area (TPSA) is 52.0 Å². The lowest BCUT2D eigenvalue weighted by Gasteiger charge is -2.32. The maximum atomic E-state index is 6.09. The van der Waals surface area contributed by atoms with Crippen LogP contribution in [-0.2, 0) is 0 Å². The molecule has 53 heavy (non-hydrogen) atoms. The molecule has 0 radical (unpaired) electrons. The average Bonchev–Trinajstić information content (AvgIpc) is 3.20. The Balaban J connectivity index is 1.43. The molecule has 0 bridgehead atoms. The highest BCUT2D eigenvalue weighted by Crippen LogP contribution is 2.41. The minimum absolute atomic E-state index is 0.402. The molecular formula is C51H72N2. The maximum Gasteiger partial charge on any atom is 0.0314 e. The summed E-state index contributed by atoms with van der Waals surface area (Å²) in [4.78, 5) is 0. The fourth-order valence-corrected chi connectivity index (χ4v) is 9.38. The molecule has 286 valence electrons. The monoisotopic (exact) mass is 713 g/mol. The van der Waals surface area contributed by atoms with Gasteiger partial charge in [-0.2, -0.15) is 0 Å². The third-order valence-electron chi connectivity index (χ3n) is 12.7. The molecule has 3 atom stereocenters.